The van der Waals surface area contributed by atoms with Gasteiger partial charge in [0.1, 0.15) is 5.76 Å². The van der Waals surface area contributed by atoms with Gasteiger partial charge in [0, 0.05) is 34.4 Å². The molecule has 4 nitrogen and oxygen atoms in total. The molecule has 2 heterocycles. The van der Waals surface area contributed by atoms with Crippen molar-refractivity contribution in [3.05, 3.63) is 76.4 Å². The van der Waals surface area contributed by atoms with E-state index in [1.165, 1.54) is 0 Å². The van der Waals surface area contributed by atoms with Crippen LogP contribution in [0.5, 0.6) is 0 Å². The average molecular weight is 317 g/mol. The standard InChI is InChI=1S/C20H15NO3/c22-14-8-3-7-13-16(14)17(15-9-4-10-24-15)18-19(21-13)11-5-1-2-6-12(11)20(18)23/h1-2,4-6,9-10,17,21H,3,7-8H2/t17-/m1/s1. The summed E-state index contributed by atoms with van der Waals surface area (Å²) < 4.78 is 5.63. The normalized spacial score (nSPS) is 22.2. The number of allylic oxidation sites excluding steroid dienone is 3. The second kappa shape index (κ2) is 4.81. The smallest absolute Gasteiger partial charge is 0.192 e. The summed E-state index contributed by atoms with van der Waals surface area (Å²) in [6.07, 6.45) is 3.79. The highest BCUT2D eigenvalue weighted by Crippen LogP contribution is 2.48. The molecule has 1 N–H and O–H groups in total. The van der Waals surface area contributed by atoms with Gasteiger partial charge in [-0.1, -0.05) is 24.3 Å². The van der Waals surface area contributed by atoms with Crippen molar-refractivity contribution in [1.29, 1.82) is 0 Å². The number of furan rings is 1. The molecule has 0 spiro atoms. The Morgan fingerprint density at radius 2 is 1.79 bits per heavy atom. The minimum Gasteiger partial charge on any atom is -0.468 e. The van der Waals surface area contributed by atoms with E-state index in [-0.39, 0.29) is 11.6 Å². The highest BCUT2D eigenvalue weighted by Gasteiger charge is 2.44. The topological polar surface area (TPSA) is 59.3 Å². The fourth-order valence-electron chi connectivity index (χ4n) is 4.08. The highest BCUT2D eigenvalue weighted by atomic mass is 16.3. The van der Waals surface area contributed by atoms with E-state index >= 15 is 0 Å². The van der Waals surface area contributed by atoms with Crippen LogP contribution in [0.2, 0.25) is 0 Å². The number of hydrogen-bond donors (Lipinski definition) is 1. The van der Waals surface area contributed by atoms with E-state index in [2.05, 4.69) is 5.32 Å². The number of nitrogens with one attached hydrogen (secondary N) is 1. The summed E-state index contributed by atoms with van der Waals surface area (Å²) >= 11 is 0. The first-order valence-electron chi connectivity index (χ1n) is 8.20. The van der Waals surface area contributed by atoms with Crippen molar-refractivity contribution in [3.63, 3.8) is 0 Å². The summed E-state index contributed by atoms with van der Waals surface area (Å²) in [6, 6.07) is 11.3. The van der Waals surface area contributed by atoms with Crippen LogP contribution >= 0.6 is 0 Å². The largest absolute Gasteiger partial charge is 0.468 e. The van der Waals surface area contributed by atoms with E-state index in [0.29, 0.717) is 28.9 Å². The summed E-state index contributed by atoms with van der Waals surface area (Å²) in [6.45, 7) is 0. The predicted octanol–water partition coefficient (Wildman–Crippen LogP) is 3.58. The van der Waals surface area contributed by atoms with Crippen molar-refractivity contribution in [1.82, 2.24) is 5.32 Å². The number of carbonyl (C=O) groups is 2. The van der Waals surface area contributed by atoms with Crippen LogP contribution < -0.4 is 5.32 Å². The van der Waals surface area contributed by atoms with Gasteiger partial charge in [-0.05, 0) is 25.0 Å². The fraction of sp³-hybridized carbons (Fsp3) is 0.200. The van der Waals surface area contributed by atoms with E-state index in [0.717, 1.165) is 29.8 Å². The van der Waals surface area contributed by atoms with Gasteiger partial charge in [0.2, 0.25) is 0 Å². The summed E-state index contributed by atoms with van der Waals surface area (Å²) in [5.41, 5.74) is 4.73. The Kier molecular flexibility index (Phi) is 2.71. The monoisotopic (exact) mass is 317 g/mol. The van der Waals surface area contributed by atoms with Gasteiger partial charge in [0.05, 0.1) is 17.9 Å². The Morgan fingerprint density at radius 3 is 2.58 bits per heavy atom. The molecule has 1 aromatic carbocycles. The molecule has 0 saturated heterocycles. The molecule has 118 valence electrons. The van der Waals surface area contributed by atoms with Gasteiger partial charge in [-0.3, -0.25) is 9.59 Å². The van der Waals surface area contributed by atoms with Crippen LogP contribution in [0.1, 0.15) is 46.9 Å². The van der Waals surface area contributed by atoms with Crippen molar-refractivity contribution >= 4 is 17.3 Å². The molecular formula is C20H15NO3. The van der Waals surface area contributed by atoms with Crippen LogP contribution in [0.25, 0.3) is 5.70 Å². The second-order valence-corrected chi connectivity index (χ2v) is 6.41. The molecule has 2 aromatic rings. The maximum Gasteiger partial charge on any atom is 0.192 e. The number of hydrogen-bond acceptors (Lipinski definition) is 4. The number of benzene rings is 1. The molecule has 0 unspecified atom stereocenters. The third kappa shape index (κ3) is 1.68. The van der Waals surface area contributed by atoms with Gasteiger partial charge < -0.3 is 9.73 Å². The van der Waals surface area contributed by atoms with Gasteiger partial charge >= 0.3 is 0 Å². The van der Waals surface area contributed by atoms with E-state index in [9.17, 15) is 9.59 Å². The maximum atomic E-state index is 13.0. The van der Waals surface area contributed by atoms with Crippen molar-refractivity contribution in [2.24, 2.45) is 0 Å². The molecule has 0 amide bonds. The molecule has 1 atom stereocenters. The van der Waals surface area contributed by atoms with Crippen LogP contribution in [-0.4, -0.2) is 11.6 Å². The van der Waals surface area contributed by atoms with E-state index in [1.54, 1.807) is 12.3 Å². The second-order valence-electron chi connectivity index (χ2n) is 6.41. The summed E-state index contributed by atoms with van der Waals surface area (Å²) in [5, 5.41) is 3.40. The summed E-state index contributed by atoms with van der Waals surface area (Å²) in [7, 11) is 0. The molecule has 0 saturated carbocycles. The average Bonchev–Trinajstić information content (AvgIpc) is 3.22. The van der Waals surface area contributed by atoms with Crippen LogP contribution in [0, 0.1) is 0 Å². The Morgan fingerprint density at radius 1 is 0.958 bits per heavy atom. The third-order valence-electron chi connectivity index (χ3n) is 5.09. The number of rotatable bonds is 1. The molecule has 0 radical (unpaired) electrons. The zero-order valence-electron chi connectivity index (χ0n) is 13.0. The van der Waals surface area contributed by atoms with E-state index in [1.807, 2.05) is 30.3 Å². The van der Waals surface area contributed by atoms with Crippen LogP contribution in [0.15, 0.2) is 63.9 Å². The molecule has 5 rings (SSSR count). The Balaban J connectivity index is 1.77. The molecule has 3 aliphatic rings. The first-order chi connectivity index (χ1) is 11.8. The molecule has 2 aliphatic carbocycles. The predicted molar refractivity (Wildman–Crippen MR) is 88.2 cm³/mol. The molecule has 1 aromatic heterocycles. The van der Waals surface area contributed by atoms with Crippen LogP contribution in [0.4, 0.5) is 0 Å². The number of carbonyl (C=O) groups excluding carboxylic acids is 2. The van der Waals surface area contributed by atoms with Crippen molar-refractivity contribution < 1.29 is 14.0 Å². The highest BCUT2D eigenvalue weighted by molar-refractivity contribution is 6.23. The van der Waals surface area contributed by atoms with Gasteiger partial charge in [0.15, 0.2) is 11.6 Å². The molecule has 0 bridgehead atoms. The Bertz CT molecular complexity index is 947. The summed E-state index contributed by atoms with van der Waals surface area (Å²) in [5.74, 6) is 0.353. The first kappa shape index (κ1) is 13.5. The molecule has 24 heavy (non-hydrogen) atoms. The summed E-state index contributed by atoms with van der Waals surface area (Å²) in [4.78, 5) is 25.7. The molecule has 0 fully saturated rings. The lowest BCUT2D eigenvalue weighted by Gasteiger charge is -2.31. The number of ketones is 2. The van der Waals surface area contributed by atoms with Crippen LogP contribution in [-0.2, 0) is 4.79 Å². The quantitative estimate of drug-likeness (QED) is 0.873. The Labute approximate surface area is 138 Å². The van der Waals surface area contributed by atoms with Gasteiger partial charge in [-0.2, -0.15) is 0 Å². The van der Waals surface area contributed by atoms with Gasteiger partial charge in [-0.15, -0.1) is 0 Å². The van der Waals surface area contributed by atoms with Gasteiger partial charge in [-0.25, -0.2) is 0 Å². The lowest BCUT2D eigenvalue weighted by Crippen LogP contribution is -2.31. The number of dihydropyridines is 1. The number of Topliss-reactive ketones (excluding diaryl/α,β-unsaturated/α-hetero) is 2. The molecular weight excluding hydrogens is 302 g/mol. The molecule has 1 aliphatic heterocycles. The fourth-order valence-corrected chi connectivity index (χ4v) is 4.08. The van der Waals surface area contributed by atoms with Crippen molar-refractivity contribution in [2.75, 3.05) is 0 Å². The van der Waals surface area contributed by atoms with Crippen molar-refractivity contribution in [3.8, 4) is 0 Å². The minimum absolute atomic E-state index is 0.0144. The zero-order valence-corrected chi connectivity index (χ0v) is 13.0. The SMILES string of the molecule is O=C1CCCC2=C1[C@@H](c1ccco1)C1=C(N2)c2ccccc2C1=O. The Hall–Kier alpha value is -2.88. The van der Waals surface area contributed by atoms with Crippen LogP contribution in [0.3, 0.4) is 0 Å². The van der Waals surface area contributed by atoms with Gasteiger partial charge in [0.25, 0.3) is 0 Å². The van der Waals surface area contributed by atoms with E-state index < -0.39 is 5.92 Å². The minimum atomic E-state index is -0.404. The molecule has 4 heteroatoms. The van der Waals surface area contributed by atoms with E-state index in [4.69, 9.17) is 4.42 Å². The zero-order chi connectivity index (χ0) is 16.3. The lowest BCUT2D eigenvalue weighted by molar-refractivity contribution is -0.116. The lowest BCUT2D eigenvalue weighted by atomic mass is 9.77. The third-order valence-corrected chi connectivity index (χ3v) is 5.09. The maximum absolute atomic E-state index is 13.0. The van der Waals surface area contributed by atoms with Crippen molar-refractivity contribution in [2.45, 2.75) is 25.2 Å². The first-order valence-corrected chi connectivity index (χ1v) is 8.20. The number of fused-ring (bicyclic) bond motifs is 2.